The van der Waals surface area contributed by atoms with Crippen molar-refractivity contribution in [3.05, 3.63) is 65.7 Å². The third kappa shape index (κ3) is 5.41. The number of carbonyl (C=O) groups is 2. The number of aryl methyl sites for hydroxylation is 1. The summed E-state index contributed by atoms with van der Waals surface area (Å²) >= 11 is 0. The van der Waals surface area contributed by atoms with Gasteiger partial charge in [-0.05, 0) is 30.0 Å². The molecule has 3 rings (SSSR count). The summed E-state index contributed by atoms with van der Waals surface area (Å²) in [6, 6.07) is 16.9. The smallest absolute Gasteiger partial charge is 0.240 e. The van der Waals surface area contributed by atoms with Crippen LogP contribution < -0.4 is 10.2 Å². The Kier molecular flexibility index (Phi) is 7.17. The molecule has 2 aromatic rings. The lowest BCUT2D eigenvalue weighted by molar-refractivity contribution is -0.124. The van der Waals surface area contributed by atoms with E-state index in [1.807, 2.05) is 54.6 Å². The molecule has 2 aromatic carbocycles. The molecule has 2 N–H and O–H groups in total. The van der Waals surface area contributed by atoms with E-state index in [1.54, 1.807) is 0 Å². The van der Waals surface area contributed by atoms with Crippen LogP contribution in [0.2, 0.25) is 0 Å². The largest absolute Gasteiger partial charge is 0.394 e. The van der Waals surface area contributed by atoms with Crippen LogP contribution in [0.15, 0.2) is 54.6 Å². The number of amides is 2. The third-order valence-electron chi connectivity index (χ3n) is 4.74. The zero-order valence-electron chi connectivity index (χ0n) is 15.8. The molecule has 0 fully saturated rings. The van der Waals surface area contributed by atoms with Crippen molar-refractivity contribution in [1.29, 1.82) is 0 Å². The molecular formula is C22H26N2O4. The van der Waals surface area contributed by atoms with Gasteiger partial charge in [0.05, 0.1) is 25.9 Å². The summed E-state index contributed by atoms with van der Waals surface area (Å²) in [5.74, 6) is -0.367. The molecule has 0 spiro atoms. The number of benzene rings is 2. The van der Waals surface area contributed by atoms with Crippen LogP contribution in [0.5, 0.6) is 0 Å². The van der Waals surface area contributed by atoms with Crippen molar-refractivity contribution in [2.24, 2.45) is 0 Å². The van der Waals surface area contributed by atoms with Crippen LogP contribution in [-0.4, -0.2) is 42.7 Å². The molecule has 0 aliphatic carbocycles. The number of carbonyl (C=O) groups excluding carboxylic acids is 2. The lowest BCUT2D eigenvalue weighted by Gasteiger charge is -2.24. The summed E-state index contributed by atoms with van der Waals surface area (Å²) < 4.78 is 5.61. The summed E-state index contributed by atoms with van der Waals surface area (Å²) in [4.78, 5) is 26.5. The average Bonchev–Trinajstić information content (AvgIpc) is 2.87. The zero-order chi connectivity index (χ0) is 19.8. The molecule has 6 heteroatoms. The fraction of sp³-hybridized carbons (Fsp3) is 0.364. The second-order valence-electron chi connectivity index (χ2n) is 6.91. The minimum absolute atomic E-state index is 0.0547. The van der Waals surface area contributed by atoms with Gasteiger partial charge >= 0.3 is 0 Å². The first-order valence-electron chi connectivity index (χ1n) is 9.57. The maximum Gasteiger partial charge on any atom is 0.240 e. The number of rotatable bonds is 8. The fourth-order valence-corrected chi connectivity index (χ4v) is 3.31. The zero-order valence-corrected chi connectivity index (χ0v) is 15.8. The van der Waals surface area contributed by atoms with Gasteiger partial charge < -0.3 is 20.1 Å². The number of anilines is 1. The summed E-state index contributed by atoms with van der Waals surface area (Å²) in [5.41, 5.74) is 2.89. The van der Waals surface area contributed by atoms with Crippen molar-refractivity contribution in [2.75, 3.05) is 24.7 Å². The number of nitrogens with zero attached hydrogens (tertiary/aromatic N) is 1. The summed E-state index contributed by atoms with van der Waals surface area (Å²) in [6.07, 6.45) is 2.03. The molecule has 148 valence electrons. The average molecular weight is 382 g/mol. The Hall–Kier alpha value is -2.70. The highest BCUT2D eigenvalue weighted by Crippen LogP contribution is 2.26. The first-order valence-corrected chi connectivity index (χ1v) is 9.57. The molecule has 2 amide bonds. The summed E-state index contributed by atoms with van der Waals surface area (Å²) in [5, 5.41) is 12.3. The maximum atomic E-state index is 12.5. The lowest BCUT2D eigenvalue weighted by Crippen LogP contribution is -2.47. The van der Waals surface area contributed by atoms with Gasteiger partial charge in [0.1, 0.15) is 6.54 Å². The Bertz CT molecular complexity index is 794. The molecule has 1 aliphatic heterocycles. The Morgan fingerprint density at radius 3 is 2.64 bits per heavy atom. The maximum absolute atomic E-state index is 12.5. The van der Waals surface area contributed by atoms with E-state index in [0.29, 0.717) is 13.0 Å². The van der Waals surface area contributed by atoms with Crippen molar-refractivity contribution in [3.63, 3.8) is 0 Å². The quantitative estimate of drug-likeness (QED) is 0.732. The van der Waals surface area contributed by atoms with Gasteiger partial charge in [-0.3, -0.25) is 9.59 Å². The number of fused-ring (bicyclic) bond motifs is 1. The summed E-state index contributed by atoms with van der Waals surface area (Å²) in [7, 11) is 0. The second-order valence-corrected chi connectivity index (χ2v) is 6.91. The molecule has 1 atom stereocenters. The van der Waals surface area contributed by atoms with E-state index in [9.17, 15) is 14.7 Å². The third-order valence-corrected chi connectivity index (χ3v) is 4.74. The van der Waals surface area contributed by atoms with E-state index >= 15 is 0 Å². The van der Waals surface area contributed by atoms with E-state index in [0.717, 1.165) is 29.7 Å². The molecule has 0 radical (unpaired) electrons. The van der Waals surface area contributed by atoms with Crippen LogP contribution in [-0.2, 0) is 27.4 Å². The Morgan fingerprint density at radius 1 is 1.11 bits per heavy atom. The minimum Gasteiger partial charge on any atom is -0.394 e. The van der Waals surface area contributed by atoms with Crippen molar-refractivity contribution in [1.82, 2.24) is 5.32 Å². The first-order chi connectivity index (χ1) is 13.7. The Balaban J connectivity index is 1.55. The van der Waals surface area contributed by atoms with Gasteiger partial charge in [-0.25, -0.2) is 0 Å². The van der Waals surface area contributed by atoms with Gasteiger partial charge in [0.15, 0.2) is 0 Å². The first kappa shape index (κ1) is 20.0. The number of hydrogen-bond acceptors (Lipinski definition) is 4. The monoisotopic (exact) mass is 382 g/mol. The number of para-hydroxylation sites is 1. The number of hydrogen-bond donors (Lipinski definition) is 2. The van der Waals surface area contributed by atoms with Crippen molar-refractivity contribution in [2.45, 2.75) is 31.9 Å². The minimum atomic E-state index is -0.520. The molecule has 1 heterocycles. The van der Waals surface area contributed by atoms with Gasteiger partial charge in [-0.2, -0.15) is 0 Å². The lowest BCUT2D eigenvalue weighted by atomic mass is 10.1. The van der Waals surface area contributed by atoms with Crippen molar-refractivity contribution < 1.29 is 19.4 Å². The SMILES string of the molecule is O=C(CN1C(=O)CCCc2ccccc21)NC(CO)COCc1ccccc1. The van der Waals surface area contributed by atoms with Crippen LogP contribution in [0.25, 0.3) is 0 Å². The van der Waals surface area contributed by atoms with Gasteiger partial charge in [0.2, 0.25) is 11.8 Å². The van der Waals surface area contributed by atoms with E-state index in [2.05, 4.69) is 5.32 Å². The van der Waals surface area contributed by atoms with Crippen molar-refractivity contribution in [3.8, 4) is 0 Å². The van der Waals surface area contributed by atoms with Gasteiger partial charge in [-0.15, -0.1) is 0 Å². The van der Waals surface area contributed by atoms with E-state index < -0.39 is 6.04 Å². The van der Waals surface area contributed by atoms with Crippen molar-refractivity contribution >= 4 is 17.5 Å². The number of aliphatic hydroxyl groups is 1. The molecule has 0 saturated carbocycles. The van der Waals surface area contributed by atoms with Gasteiger partial charge in [0, 0.05) is 12.1 Å². The number of nitrogens with one attached hydrogen (secondary N) is 1. The molecule has 1 unspecified atom stereocenters. The highest BCUT2D eigenvalue weighted by molar-refractivity contribution is 5.99. The second kappa shape index (κ2) is 10.0. The van der Waals surface area contributed by atoms with E-state index in [1.165, 1.54) is 4.90 Å². The van der Waals surface area contributed by atoms with Crippen LogP contribution in [0.1, 0.15) is 24.0 Å². The number of ether oxygens (including phenoxy) is 1. The predicted octanol–water partition coefficient (Wildman–Crippen LogP) is 2.05. The van der Waals surface area contributed by atoms with Gasteiger partial charge in [-0.1, -0.05) is 48.5 Å². The van der Waals surface area contributed by atoms with Crippen LogP contribution in [0, 0.1) is 0 Å². The topological polar surface area (TPSA) is 78.9 Å². The van der Waals surface area contributed by atoms with E-state index in [4.69, 9.17) is 4.74 Å². The fourth-order valence-electron chi connectivity index (χ4n) is 3.31. The molecule has 28 heavy (non-hydrogen) atoms. The molecule has 0 saturated heterocycles. The predicted molar refractivity (Wildman–Crippen MR) is 107 cm³/mol. The van der Waals surface area contributed by atoms with Crippen LogP contribution >= 0.6 is 0 Å². The molecular weight excluding hydrogens is 356 g/mol. The molecule has 1 aliphatic rings. The Morgan fingerprint density at radius 2 is 1.86 bits per heavy atom. The van der Waals surface area contributed by atoms with Gasteiger partial charge in [0.25, 0.3) is 0 Å². The summed E-state index contributed by atoms with van der Waals surface area (Å²) in [6.45, 7) is 0.308. The highest BCUT2D eigenvalue weighted by Gasteiger charge is 2.24. The number of aliphatic hydroxyl groups excluding tert-OH is 1. The highest BCUT2D eigenvalue weighted by atomic mass is 16.5. The normalized spacial score (nSPS) is 14.9. The Labute approximate surface area is 165 Å². The molecule has 6 nitrogen and oxygen atoms in total. The molecule has 0 aromatic heterocycles. The van der Waals surface area contributed by atoms with Crippen LogP contribution in [0.4, 0.5) is 5.69 Å². The van der Waals surface area contributed by atoms with E-state index in [-0.39, 0.29) is 31.6 Å². The standard InChI is InChI=1S/C22H26N2O4/c25-14-19(16-28-15-17-7-2-1-3-8-17)23-21(26)13-24-20-11-5-4-9-18(20)10-6-12-22(24)27/h1-5,7-9,11,19,25H,6,10,12-16H2,(H,23,26). The van der Waals surface area contributed by atoms with Crippen LogP contribution in [0.3, 0.4) is 0 Å². The molecule has 0 bridgehead atoms.